The van der Waals surface area contributed by atoms with Crippen LogP contribution in [0.25, 0.3) is 16.8 Å². The van der Waals surface area contributed by atoms with Gasteiger partial charge < -0.3 is 11.1 Å². The maximum absolute atomic E-state index is 15.1. The Bertz CT molecular complexity index is 1290. The fraction of sp³-hybridized carbons (Fsp3) is 0.250. The number of nitrogens with one attached hydrogen (secondary N) is 1. The van der Waals surface area contributed by atoms with Crippen LogP contribution < -0.4 is 16.0 Å². The van der Waals surface area contributed by atoms with Crippen molar-refractivity contribution in [2.75, 3.05) is 24.2 Å². The number of fused-ring (bicyclic) bond motifs is 1. The highest BCUT2D eigenvalue weighted by Crippen LogP contribution is 2.31. The van der Waals surface area contributed by atoms with Crippen molar-refractivity contribution in [2.24, 2.45) is 0 Å². The number of aromatic nitrogens is 4. The highest BCUT2D eigenvalue weighted by atomic mass is 19.1. The minimum Gasteiger partial charge on any atom is -0.382 e. The van der Waals surface area contributed by atoms with Crippen LogP contribution in [0.1, 0.15) is 42.5 Å². The molecule has 1 amide bonds. The van der Waals surface area contributed by atoms with Gasteiger partial charge in [-0.3, -0.25) is 14.1 Å². The molecule has 0 aliphatic carbocycles. The Balaban J connectivity index is 1.74. The number of imidazole rings is 1. The van der Waals surface area contributed by atoms with Gasteiger partial charge in [0.2, 0.25) is 0 Å². The molecule has 0 saturated heterocycles. The third-order valence-corrected chi connectivity index (χ3v) is 5.47. The third-order valence-electron chi connectivity index (χ3n) is 5.47. The molecule has 170 valence electrons. The van der Waals surface area contributed by atoms with Gasteiger partial charge in [-0.05, 0) is 44.2 Å². The second-order valence-electron chi connectivity index (χ2n) is 7.77. The van der Waals surface area contributed by atoms with E-state index >= 15 is 4.39 Å². The second-order valence-corrected chi connectivity index (χ2v) is 7.77. The average molecular weight is 448 g/mol. The molecule has 0 unspecified atom stereocenters. The predicted molar refractivity (Wildman–Crippen MR) is 126 cm³/mol. The molecule has 0 saturated carbocycles. The molecule has 3 aromatic heterocycles. The first kappa shape index (κ1) is 22.3. The van der Waals surface area contributed by atoms with E-state index in [0.29, 0.717) is 28.4 Å². The van der Waals surface area contributed by atoms with Gasteiger partial charge >= 0.3 is 0 Å². The van der Waals surface area contributed by atoms with E-state index in [1.165, 1.54) is 17.0 Å². The molecule has 1 aromatic carbocycles. The van der Waals surface area contributed by atoms with Gasteiger partial charge in [0.25, 0.3) is 5.91 Å². The van der Waals surface area contributed by atoms with Crippen molar-refractivity contribution in [3.63, 3.8) is 0 Å². The summed E-state index contributed by atoms with van der Waals surface area (Å²) in [5.41, 5.74) is 7.74. The lowest BCUT2D eigenvalue weighted by molar-refractivity contribution is 0.0988. The number of hydrogen-bond donors (Lipinski definition) is 2. The number of nitrogens with two attached hydrogens (primary N) is 1. The lowest BCUT2D eigenvalue weighted by Gasteiger charge is -2.16. The van der Waals surface area contributed by atoms with Crippen LogP contribution in [0.2, 0.25) is 0 Å². The number of carbonyl (C=O) groups is 1. The molecule has 8 nitrogen and oxygen atoms in total. The van der Waals surface area contributed by atoms with Crippen LogP contribution in [-0.4, -0.2) is 38.9 Å². The Morgan fingerprint density at radius 1 is 1.24 bits per heavy atom. The van der Waals surface area contributed by atoms with Crippen LogP contribution in [0, 0.1) is 5.82 Å². The number of nitrogens with zero attached hydrogens (tertiary/aromatic N) is 5. The van der Waals surface area contributed by atoms with Gasteiger partial charge in [-0.2, -0.15) is 0 Å². The van der Waals surface area contributed by atoms with E-state index in [2.05, 4.69) is 22.2 Å². The number of amides is 1. The minimum absolute atomic E-state index is 0.0503. The fourth-order valence-corrected chi connectivity index (χ4v) is 3.72. The van der Waals surface area contributed by atoms with Gasteiger partial charge in [0.05, 0.1) is 11.6 Å². The Morgan fingerprint density at radius 2 is 2.06 bits per heavy atom. The van der Waals surface area contributed by atoms with E-state index in [0.717, 1.165) is 18.8 Å². The van der Waals surface area contributed by atoms with E-state index in [9.17, 15) is 4.79 Å². The first-order valence-electron chi connectivity index (χ1n) is 10.8. The minimum atomic E-state index is -0.650. The first-order chi connectivity index (χ1) is 15.9. The van der Waals surface area contributed by atoms with Gasteiger partial charge in [-0.15, -0.1) is 0 Å². The lowest BCUT2D eigenvalue weighted by Crippen LogP contribution is -2.27. The zero-order valence-electron chi connectivity index (χ0n) is 18.8. The summed E-state index contributed by atoms with van der Waals surface area (Å²) in [6, 6.07) is 9.59. The molecule has 0 fully saturated rings. The highest BCUT2D eigenvalue weighted by Gasteiger charge is 2.22. The lowest BCUT2D eigenvalue weighted by atomic mass is 10.1. The molecule has 4 rings (SSSR count). The molecule has 0 aliphatic rings. The van der Waals surface area contributed by atoms with Crippen molar-refractivity contribution >= 4 is 23.1 Å². The Hall–Kier alpha value is -3.85. The molecule has 0 aliphatic heterocycles. The molecule has 0 spiro atoms. The second kappa shape index (κ2) is 9.33. The summed E-state index contributed by atoms with van der Waals surface area (Å²) in [7, 11) is 1.56. The molecule has 3 N–H and O–H groups in total. The molecule has 3 heterocycles. The van der Waals surface area contributed by atoms with Crippen molar-refractivity contribution < 1.29 is 9.18 Å². The summed E-state index contributed by atoms with van der Waals surface area (Å²) in [5, 5.41) is 3.41. The van der Waals surface area contributed by atoms with Crippen molar-refractivity contribution in [2.45, 2.75) is 26.3 Å². The molecule has 0 radical (unpaired) electrons. The number of hydrogen-bond acceptors (Lipinski definition) is 6. The number of carbonyl (C=O) groups excluding carboxylic acids is 1. The standard InChI is InChI=1S/C24H26FN7O/c1-4-10-27-15(2)23-30-20(21-22(26)29-12-13-32(21)23)16-8-9-17(18(25)14-16)24(33)31(3)19-7-5-6-11-28-19/h5-9,11-15,27H,4,10H2,1-3H3,(H2,26,29)/t15-/m0/s1. The quantitative estimate of drug-likeness (QED) is 0.446. The molecule has 33 heavy (non-hydrogen) atoms. The fourth-order valence-electron chi connectivity index (χ4n) is 3.72. The van der Waals surface area contributed by atoms with Crippen LogP contribution in [-0.2, 0) is 0 Å². The molecule has 4 aromatic rings. The van der Waals surface area contributed by atoms with Crippen LogP contribution in [0.3, 0.4) is 0 Å². The van der Waals surface area contributed by atoms with E-state index in [1.54, 1.807) is 49.9 Å². The van der Waals surface area contributed by atoms with Crippen LogP contribution >= 0.6 is 0 Å². The summed E-state index contributed by atoms with van der Waals surface area (Å²) in [6.07, 6.45) is 5.96. The molecule has 1 atom stereocenters. The van der Waals surface area contributed by atoms with Crippen LogP contribution in [0.15, 0.2) is 55.0 Å². The van der Waals surface area contributed by atoms with Gasteiger partial charge in [0.1, 0.15) is 34.5 Å². The van der Waals surface area contributed by atoms with Crippen molar-refractivity contribution in [3.8, 4) is 11.3 Å². The van der Waals surface area contributed by atoms with E-state index in [1.807, 2.05) is 11.3 Å². The summed E-state index contributed by atoms with van der Waals surface area (Å²) in [5.74, 6) is 0.333. The van der Waals surface area contributed by atoms with Crippen molar-refractivity contribution in [1.29, 1.82) is 0 Å². The largest absolute Gasteiger partial charge is 0.382 e. The Kier molecular flexibility index (Phi) is 6.32. The molecular formula is C24H26FN7O. The Labute approximate surface area is 191 Å². The number of anilines is 2. The topological polar surface area (TPSA) is 101 Å². The molecule has 0 bridgehead atoms. The highest BCUT2D eigenvalue weighted by molar-refractivity contribution is 6.05. The molecular weight excluding hydrogens is 421 g/mol. The smallest absolute Gasteiger partial charge is 0.262 e. The number of pyridine rings is 1. The normalized spacial score (nSPS) is 12.1. The maximum Gasteiger partial charge on any atom is 0.262 e. The summed E-state index contributed by atoms with van der Waals surface area (Å²) < 4.78 is 17.0. The summed E-state index contributed by atoms with van der Waals surface area (Å²) in [6.45, 7) is 4.94. The number of halogens is 1. The summed E-state index contributed by atoms with van der Waals surface area (Å²) in [4.78, 5) is 27.3. The number of rotatable bonds is 7. The van der Waals surface area contributed by atoms with E-state index < -0.39 is 11.7 Å². The van der Waals surface area contributed by atoms with E-state index in [4.69, 9.17) is 10.7 Å². The average Bonchev–Trinajstić information content (AvgIpc) is 3.23. The van der Waals surface area contributed by atoms with Crippen molar-refractivity contribution in [1.82, 2.24) is 24.7 Å². The third kappa shape index (κ3) is 4.27. The monoisotopic (exact) mass is 447 g/mol. The van der Waals surface area contributed by atoms with Gasteiger partial charge in [0, 0.05) is 31.2 Å². The Morgan fingerprint density at radius 3 is 2.76 bits per heavy atom. The SMILES string of the molecule is CCCN[C@@H](C)c1nc(-c2ccc(C(=O)N(C)c3ccccn3)c(F)c2)c2c(N)nccn12. The van der Waals surface area contributed by atoms with Gasteiger partial charge in [-0.1, -0.05) is 19.1 Å². The van der Waals surface area contributed by atoms with Crippen LogP contribution in [0.5, 0.6) is 0 Å². The zero-order valence-corrected chi connectivity index (χ0v) is 18.8. The maximum atomic E-state index is 15.1. The van der Waals surface area contributed by atoms with Gasteiger partial charge in [-0.25, -0.2) is 19.3 Å². The van der Waals surface area contributed by atoms with Gasteiger partial charge in [0.15, 0.2) is 0 Å². The number of benzene rings is 1. The first-order valence-corrected chi connectivity index (χ1v) is 10.8. The van der Waals surface area contributed by atoms with E-state index in [-0.39, 0.29) is 11.6 Å². The zero-order chi connectivity index (χ0) is 23.5. The predicted octanol–water partition coefficient (Wildman–Crippen LogP) is 3.85. The molecule has 9 heteroatoms. The van der Waals surface area contributed by atoms with Crippen molar-refractivity contribution in [3.05, 3.63) is 72.2 Å². The van der Waals surface area contributed by atoms with Crippen LogP contribution in [0.4, 0.5) is 16.0 Å². The summed E-state index contributed by atoms with van der Waals surface area (Å²) >= 11 is 0. The number of nitrogen functional groups attached to an aromatic ring is 1.